The summed E-state index contributed by atoms with van der Waals surface area (Å²) in [5.74, 6) is -1.41. The smallest absolute Gasteiger partial charge is 0.406 e. The molecule has 1 aromatic rings. The molecule has 0 aromatic heterocycles. The monoisotopic (exact) mass is 344 g/mol. The molecular weight excluding hydrogens is 324 g/mol. The number of sulfonamides is 1. The Bertz CT molecular complexity index is 691. The molecule has 0 radical (unpaired) electrons. The number of alkyl carbamates (subject to hydrolysis) is 1. The first kappa shape index (κ1) is 18.9. The van der Waals surface area contributed by atoms with E-state index in [4.69, 9.17) is 5.11 Å². The van der Waals surface area contributed by atoms with Gasteiger partial charge in [0.05, 0.1) is 12.0 Å². The first-order chi connectivity index (χ1) is 10.6. The van der Waals surface area contributed by atoms with Crippen molar-refractivity contribution in [3.63, 3.8) is 0 Å². The molecule has 9 heteroatoms. The summed E-state index contributed by atoms with van der Waals surface area (Å²) in [7, 11) is -2.94. The van der Waals surface area contributed by atoms with Crippen molar-refractivity contribution in [1.82, 2.24) is 10.0 Å². The molecule has 128 valence electrons. The van der Waals surface area contributed by atoms with Gasteiger partial charge in [-0.25, -0.2) is 13.2 Å². The topological polar surface area (TPSA) is 122 Å². The number of benzene rings is 1. The van der Waals surface area contributed by atoms with E-state index in [2.05, 4.69) is 14.8 Å². The zero-order valence-corrected chi connectivity index (χ0v) is 14.2. The molecule has 0 spiro atoms. The fraction of sp³-hybridized carbons (Fsp3) is 0.429. The highest BCUT2D eigenvalue weighted by Crippen LogP contribution is 2.21. The predicted octanol–water partition coefficient (Wildman–Crippen LogP) is 0.699. The molecular formula is C14H20N2O6S. The highest BCUT2D eigenvalue weighted by Gasteiger charge is 2.28. The maximum absolute atomic E-state index is 12.5. The van der Waals surface area contributed by atoms with E-state index in [1.165, 1.54) is 0 Å². The minimum atomic E-state index is -4.06. The van der Waals surface area contributed by atoms with Crippen LogP contribution in [-0.4, -0.2) is 45.3 Å². The van der Waals surface area contributed by atoms with Crippen molar-refractivity contribution in [2.75, 3.05) is 13.7 Å². The third-order valence-corrected chi connectivity index (χ3v) is 4.88. The summed E-state index contributed by atoms with van der Waals surface area (Å²) in [6.07, 6.45) is -0.849. The van der Waals surface area contributed by atoms with Gasteiger partial charge in [-0.3, -0.25) is 4.79 Å². The van der Waals surface area contributed by atoms with Gasteiger partial charge < -0.3 is 15.2 Å². The number of carboxylic acids is 1. The molecule has 0 saturated heterocycles. The van der Waals surface area contributed by atoms with Crippen molar-refractivity contribution < 1.29 is 27.9 Å². The maximum Gasteiger partial charge on any atom is 0.406 e. The van der Waals surface area contributed by atoms with E-state index < -0.39 is 34.7 Å². The standard InChI is InChI=1S/C14H20N2O6S/c1-8-5-9(2)12(10(3)6-8)23(20,21)16-11(13(17)18)7-15-14(19)22-4/h5-6,11,16H,7H2,1-4H3,(H,15,19)(H,17,18)/t11-/m1/s1. The van der Waals surface area contributed by atoms with Crippen molar-refractivity contribution in [1.29, 1.82) is 0 Å². The van der Waals surface area contributed by atoms with Gasteiger partial charge in [-0.05, 0) is 31.9 Å². The van der Waals surface area contributed by atoms with Gasteiger partial charge in [0.25, 0.3) is 0 Å². The average Bonchev–Trinajstić information content (AvgIpc) is 2.40. The number of aliphatic carboxylic acids is 1. The number of nitrogens with one attached hydrogen (secondary N) is 2. The Morgan fingerprint density at radius 2 is 1.74 bits per heavy atom. The third-order valence-electron chi connectivity index (χ3n) is 3.10. The SMILES string of the molecule is COC(=O)NC[C@@H](NS(=O)(=O)c1c(C)cc(C)cc1C)C(=O)O. The van der Waals surface area contributed by atoms with E-state index >= 15 is 0 Å². The second-order valence-corrected chi connectivity index (χ2v) is 6.76. The maximum atomic E-state index is 12.5. The summed E-state index contributed by atoms with van der Waals surface area (Å²) < 4.78 is 31.4. The molecule has 0 aliphatic heterocycles. The molecule has 0 aliphatic carbocycles. The van der Waals surface area contributed by atoms with E-state index in [9.17, 15) is 18.0 Å². The summed E-state index contributed by atoms with van der Waals surface area (Å²) >= 11 is 0. The Labute approximate surface area is 134 Å². The van der Waals surface area contributed by atoms with E-state index in [1.807, 2.05) is 6.92 Å². The molecule has 1 aromatic carbocycles. The summed E-state index contributed by atoms with van der Waals surface area (Å²) in [6, 6.07) is 1.88. The normalized spacial score (nSPS) is 12.5. The second-order valence-electron chi connectivity index (χ2n) is 5.11. The van der Waals surface area contributed by atoms with Gasteiger partial charge in [0.1, 0.15) is 6.04 Å². The minimum Gasteiger partial charge on any atom is -0.480 e. The number of ether oxygens (including phenoxy) is 1. The minimum absolute atomic E-state index is 0.0346. The number of carbonyl (C=O) groups is 2. The van der Waals surface area contributed by atoms with Crippen LogP contribution in [-0.2, 0) is 19.6 Å². The lowest BCUT2D eigenvalue weighted by Gasteiger charge is -2.18. The number of aryl methyl sites for hydroxylation is 3. The van der Waals surface area contributed by atoms with Crippen LogP contribution in [0, 0.1) is 20.8 Å². The largest absolute Gasteiger partial charge is 0.480 e. The Hall–Kier alpha value is -2.13. The van der Waals surface area contributed by atoms with Crippen LogP contribution in [0.1, 0.15) is 16.7 Å². The number of amides is 1. The predicted molar refractivity (Wildman–Crippen MR) is 82.8 cm³/mol. The Balaban J connectivity index is 3.08. The van der Waals surface area contributed by atoms with Gasteiger partial charge in [0.15, 0.2) is 0 Å². The first-order valence-corrected chi connectivity index (χ1v) is 8.21. The molecule has 0 fully saturated rings. The molecule has 8 nitrogen and oxygen atoms in total. The average molecular weight is 344 g/mol. The van der Waals surface area contributed by atoms with E-state index in [-0.39, 0.29) is 4.90 Å². The third kappa shape index (κ3) is 4.93. The summed E-state index contributed by atoms with van der Waals surface area (Å²) in [4.78, 5) is 22.3. The fourth-order valence-electron chi connectivity index (χ4n) is 2.27. The van der Waals surface area contributed by atoms with Crippen LogP contribution >= 0.6 is 0 Å². The quantitative estimate of drug-likeness (QED) is 0.698. The highest BCUT2D eigenvalue weighted by atomic mass is 32.2. The number of carboxylic acid groups (broad SMARTS) is 1. The number of rotatable bonds is 6. The van der Waals surface area contributed by atoms with Crippen LogP contribution in [0.5, 0.6) is 0 Å². The highest BCUT2D eigenvalue weighted by molar-refractivity contribution is 7.89. The molecule has 0 heterocycles. The van der Waals surface area contributed by atoms with Gasteiger partial charge in [-0.15, -0.1) is 0 Å². The second kappa shape index (κ2) is 7.42. The molecule has 0 bridgehead atoms. The Morgan fingerprint density at radius 1 is 1.22 bits per heavy atom. The molecule has 0 unspecified atom stereocenters. The molecule has 23 heavy (non-hydrogen) atoms. The summed E-state index contributed by atoms with van der Waals surface area (Å²) in [6.45, 7) is 4.67. The molecule has 3 N–H and O–H groups in total. The molecule has 1 atom stereocenters. The lowest BCUT2D eigenvalue weighted by atomic mass is 10.1. The summed E-state index contributed by atoms with van der Waals surface area (Å²) in [5, 5.41) is 11.3. The first-order valence-electron chi connectivity index (χ1n) is 6.73. The van der Waals surface area contributed by atoms with Crippen LogP contribution in [0.15, 0.2) is 17.0 Å². The number of hydrogen-bond acceptors (Lipinski definition) is 5. The van der Waals surface area contributed by atoms with Gasteiger partial charge in [-0.1, -0.05) is 17.7 Å². The van der Waals surface area contributed by atoms with E-state index in [0.29, 0.717) is 11.1 Å². The molecule has 0 aliphatic rings. The Morgan fingerprint density at radius 3 is 2.17 bits per heavy atom. The molecule has 1 amide bonds. The zero-order chi connectivity index (χ0) is 17.8. The summed E-state index contributed by atoms with van der Waals surface area (Å²) in [5.41, 5.74) is 1.93. The number of carbonyl (C=O) groups excluding carboxylic acids is 1. The number of hydrogen-bond donors (Lipinski definition) is 3. The van der Waals surface area contributed by atoms with Crippen LogP contribution in [0.4, 0.5) is 4.79 Å². The van der Waals surface area contributed by atoms with E-state index in [0.717, 1.165) is 12.7 Å². The fourth-order valence-corrected chi connectivity index (χ4v) is 3.92. The lowest BCUT2D eigenvalue weighted by Crippen LogP contribution is -2.48. The van der Waals surface area contributed by atoms with Gasteiger partial charge in [0, 0.05) is 6.54 Å². The van der Waals surface area contributed by atoms with Crippen molar-refractivity contribution in [2.45, 2.75) is 31.7 Å². The van der Waals surface area contributed by atoms with E-state index in [1.54, 1.807) is 26.0 Å². The van der Waals surface area contributed by atoms with Crippen molar-refractivity contribution in [2.24, 2.45) is 0 Å². The molecule has 0 saturated carbocycles. The number of methoxy groups -OCH3 is 1. The van der Waals surface area contributed by atoms with Crippen LogP contribution in [0.25, 0.3) is 0 Å². The van der Waals surface area contributed by atoms with Gasteiger partial charge in [-0.2, -0.15) is 4.72 Å². The van der Waals surface area contributed by atoms with Crippen LogP contribution in [0.3, 0.4) is 0 Å². The lowest BCUT2D eigenvalue weighted by molar-refractivity contribution is -0.138. The van der Waals surface area contributed by atoms with Crippen LogP contribution < -0.4 is 10.0 Å². The van der Waals surface area contributed by atoms with Crippen molar-refractivity contribution >= 4 is 22.1 Å². The zero-order valence-electron chi connectivity index (χ0n) is 13.3. The van der Waals surface area contributed by atoms with Gasteiger partial charge >= 0.3 is 12.1 Å². The van der Waals surface area contributed by atoms with Crippen molar-refractivity contribution in [3.8, 4) is 0 Å². The Kier molecular flexibility index (Phi) is 6.11. The molecule has 1 rings (SSSR count). The van der Waals surface area contributed by atoms with Crippen molar-refractivity contribution in [3.05, 3.63) is 28.8 Å². The van der Waals surface area contributed by atoms with Crippen LogP contribution in [0.2, 0.25) is 0 Å². The van der Waals surface area contributed by atoms with Gasteiger partial charge in [0.2, 0.25) is 10.0 Å².